The Morgan fingerprint density at radius 3 is 2.61 bits per heavy atom. The molecule has 36 heavy (non-hydrogen) atoms. The third-order valence-corrected chi connectivity index (χ3v) is 6.71. The Bertz CT molecular complexity index is 1470. The Morgan fingerprint density at radius 1 is 1.08 bits per heavy atom. The second kappa shape index (κ2) is 9.54. The van der Waals surface area contributed by atoms with Crippen LogP contribution < -0.4 is 36.5 Å². The number of anilines is 1. The Morgan fingerprint density at radius 2 is 1.86 bits per heavy atom. The van der Waals surface area contributed by atoms with E-state index in [1.807, 2.05) is 6.07 Å². The lowest BCUT2D eigenvalue weighted by molar-refractivity contribution is -0.686. The van der Waals surface area contributed by atoms with Gasteiger partial charge in [-0.2, -0.15) is 4.57 Å². The molecular formula is C27H24ClN3O5. The average molecular weight is 506 g/mol. The van der Waals surface area contributed by atoms with E-state index in [4.69, 9.17) is 14.2 Å². The van der Waals surface area contributed by atoms with Crippen molar-refractivity contribution in [3.63, 3.8) is 0 Å². The van der Waals surface area contributed by atoms with Crippen molar-refractivity contribution >= 4 is 22.1 Å². The first-order valence-corrected chi connectivity index (χ1v) is 11.5. The van der Waals surface area contributed by atoms with Crippen molar-refractivity contribution in [3.05, 3.63) is 82.0 Å². The van der Waals surface area contributed by atoms with Gasteiger partial charge in [-0.3, -0.25) is 10.1 Å². The summed E-state index contributed by atoms with van der Waals surface area (Å²) >= 11 is 0. The molecule has 0 radical (unpaired) electrons. The van der Waals surface area contributed by atoms with Gasteiger partial charge in [-0.15, -0.1) is 0 Å². The van der Waals surface area contributed by atoms with Gasteiger partial charge in [0.2, 0.25) is 12.5 Å². The van der Waals surface area contributed by atoms with Crippen molar-refractivity contribution in [2.45, 2.75) is 19.4 Å². The summed E-state index contributed by atoms with van der Waals surface area (Å²) in [5, 5.41) is 16.6. The molecule has 0 atom stereocenters. The molecule has 0 fully saturated rings. The minimum absolute atomic E-state index is 0. The largest absolute Gasteiger partial charge is 1.00 e. The van der Waals surface area contributed by atoms with E-state index in [9.17, 15) is 10.1 Å². The lowest BCUT2D eigenvalue weighted by atomic mass is 9.95. The van der Waals surface area contributed by atoms with Gasteiger partial charge in [0.05, 0.1) is 28.7 Å². The summed E-state index contributed by atoms with van der Waals surface area (Å²) < 4.78 is 19.2. The maximum absolute atomic E-state index is 10.9. The number of hydrogen-bond donors (Lipinski definition) is 1. The van der Waals surface area contributed by atoms with Crippen LogP contribution in [0.25, 0.3) is 22.0 Å². The molecule has 2 aliphatic rings. The van der Waals surface area contributed by atoms with Crippen molar-refractivity contribution in [1.29, 1.82) is 0 Å². The Labute approximate surface area is 214 Å². The van der Waals surface area contributed by atoms with Crippen LogP contribution in [0.2, 0.25) is 0 Å². The number of benzene rings is 3. The molecule has 9 heteroatoms. The van der Waals surface area contributed by atoms with Crippen LogP contribution in [0.1, 0.15) is 11.1 Å². The van der Waals surface area contributed by atoms with E-state index in [1.165, 1.54) is 11.1 Å². The van der Waals surface area contributed by atoms with Crippen molar-refractivity contribution < 1.29 is 36.1 Å². The number of methoxy groups -OCH3 is 1. The minimum Gasteiger partial charge on any atom is -1.00 e. The van der Waals surface area contributed by atoms with Crippen LogP contribution in [0.3, 0.4) is 0 Å². The van der Waals surface area contributed by atoms with Gasteiger partial charge in [-0.1, -0.05) is 18.2 Å². The van der Waals surface area contributed by atoms with Gasteiger partial charge >= 0.3 is 0 Å². The summed E-state index contributed by atoms with van der Waals surface area (Å²) in [6.45, 7) is 1.81. The monoisotopic (exact) mass is 505 g/mol. The molecule has 0 bridgehead atoms. The number of nitrogens with one attached hydrogen (secondary N) is 1. The molecular weight excluding hydrogens is 482 g/mol. The van der Waals surface area contributed by atoms with E-state index in [2.05, 4.69) is 40.3 Å². The number of nitrogens with zero attached hydrogens (tertiary/aromatic N) is 2. The quantitative estimate of drug-likeness (QED) is 0.244. The van der Waals surface area contributed by atoms with E-state index in [-0.39, 0.29) is 29.8 Å². The second-order valence-corrected chi connectivity index (χ2v) is 8.71. The Kier molecular flexibility index (Phi) is 6.28. The summed E-state index contributed by atoms with van der Waals surface area (Å²) in [4.78, 5) is 10.5. The predicted molar refractivity (Wildman–Crippen MR) is 131 cm³/mol. The lowest BCUT2D eigenvalue weighted by Gasteiger charge is -2.18. The number of ether oxygens (including phenoxy) is 3. The van der Waals surface area contributed by atoms with E-state index in [0.29, 0.717) is 6.54 Å². The van der Waals surface area contributed by atoms with Crippen LogP contribution in [-0.2, 0) is 19.4 Å². The highest BCUT2D eigenvalue weighted by atomic mass is 35.5. The highest BCUT2D eigenvalue weighted by Gasteiger charge is 2.28. The molecule has 1 N–H and O–H groups in total. The number of rotatable bonds is 6. The van der Waals surface area contributed by atoms with Crippen molar-refractivity contribution in [1.82, 2.24) is 0 Å². The average Bonchev–Trinajstić information content (AvgIpc) is 3.34. The van der Waals surface area contributed by atoms with Crippen LogP contribution in [0.5, 0.6) is 17.2 Å². The van der Waals surface area contributed by atoms with Crippen molar-refractivity contribution in [3.8, 4) is 28.5 Å². The van der Waals surface area contributed by atoms with Crippen molar-refractivity contribution in [2.75, 3.05) is 25.8 Å². The molecule has 0 saturated carbocycles. The topological polar surface area (TPSA) is 86.7 Å². The maximum Gasteiger partial charge on any atom is 0.269 e. The molecule has 0 aliphatic carbocycles. The fourth-order valence-electron chi connectivity index (χ4n) is 4.89. The van der Waals surface area contributed by atoms with Gasteiger partial charge in [0.15, 0.2) is 24.2 Å². The zero-order chi connectivity index (χ0) is 23.9. The van der Waals surface area contributed by atoms with Crippen LogP contribution in [0.4, 0.5) is 11.4 Å². The molecule has 0 saturated heterocycles. The molecule has 0 unspecified atom stereocenters. The summed E-state index contributed by atoms with van der Waals surface area (Å²) in [5.41, 5.74) is 5.67. The van der Waals surface area contributed by atoms with Gasteiger partial charge in [-0.05, 0) is 41.1 Å². The number of halogens is 1. The highest BCUT2D eigenvalue weighted by Crippen LogP contribution is 2.41. The first-order valence-electron chi connectivity index (χ1n) is 11.5. The second-order valence-electron chi connectivity index (χ2n) is 8.71. The number of pyridine rings is 1. The van der Waals surface area contributed by atoms with Crippen LogP contribution >= 0.6 is 0 Å². The fraction of sp³-hybridized carbons (Fsp3) is 0.222. The van der Waals surface area contributed by atoms with Gasteiger partial charge in [0.1, 0.15) is 5.75 Å². The van der Waals surface area contributed by atoms with Gasteiger partial charge in [0, 0.05) is 31.2 Å². The molecule has 3 heterocycles. The molecule has 1 aromatic heterocycles. The predicted octanol–water partition coefficient (Wildman–Crippen LogP) is 1.65. The molecule has 2 aliphatic heterocycles. The normalized spacial score (nSPS) is 12.9. The molecule has 184 valence electrons. The number of fused-ring (bicyclic) bond motifs is 5. The summed E-state index contributed by atoms with van der Waals surface area (Å²) in [6, 6.07) is 17.2. The summed E-state index contributed by atoms with van der Waals surface area (Å²) in [7, 11) is 1.67. The van der Waals surface area contributed by atoms with E-state index >= 15 is 0 Å². The number of aromatic nitrogens is 1. The van der Waals surface area contributed by atoms with Crippen molar-refractivity contribution in [2.24, 2.45) is 0 Å². The third-order valence-electron chi connectivity index (χ3n) is 6.71. The van der Waals surface area contributed by atoms with Gasteiger partial charge < -0.3 is 31.9 Å². The van der Waals surface area contributed by atoms with Gasteiger partial charge in [-0.25, -0.2) is 0 Å². The molecule has 3 aromatic carbocycles. The number of non-ortho nitro benzene ring substituents is 1. The standard InChI is InChI=1S/C27H23N3O5.ClH/c1-33-24-7-4-18-12-23-21-14-26-25(34-16-35-26)13-19(21)9-11-29(23)15-22(18)27(24)28-10-8-17-2-5-20(6-3-17)30(31)32;/h2-7,12-15H,8-11,16H2,1H3;1H. The smallest absolute Gasteiger partial charge is 0.269 e. The Balaban J connectivity index is 0.00000267. The third kappa shape index (κ3) is 4.13. The first-order chi connectivity index (χ1) is 17.1. The fourth-order valence-corrected chi connectivity index (χ4v) is 4.89. The van der Waals surface area contributed by atoms with Crippen LogP contribution in [0, 0.1) is 10.1 Å². The number of aryl methyl sites for hydroxylation is 2. The number of hydrogen-bond acceptors (Lipinski definition) is 6. The Hall–Kier alpha value is -4.04. The zero-order valence-electron chi connectivity index (χ0n) is 19.6. The maximum atomic E-state index is 10.9. The number of nitro benzene ring substituents is 1. The van der Waals surface area contributed by atoms with E-state index in [1.54, 1.807) is 31.4 Å². The minimum atomic E-state index is -0.381. The summed E-state index contributed by atoms with van der Waals surface area (Å²) in [5.74, 6) is 2.39. The van der Waals surface area contributed by atoms with Crippen LogP contribution in [-0.4, -0.2) is 25.4 Å². The molecule has 8 nitrogen and oxygen atoms in total. The first kappa shape index (κ1) is 23.7. The molecule has 4 aromatic rings. The molecule has 0 spiro atoms. The summed E-state index contributed by atoms with van der Waals surface area (Å²) in [6.07, 6.45) is 3.84. The van der Waals surface area contributed by atoms with Gasteiger partial charge in [0.25, 0.3) is 5.69 Å². The lowest BCUT2D eigenvalue weighted by Crippen LogP contribution is -3.00. The molecule has 6 rings (SSSR count). The van der Waals surface area contributed by atoms with Crippen LogP contribution in [0.15, 0.2) is 60.8 Å². The van der Waals surface area contributed by atoms with E-state index < -0.39 is 0 Å². The SMILES string of the molecule is COc1ccc2cc3[n+](cc2c1NCCc1ccc([N+](=O)[O-])cc1)CCc1cc2c(cc1-3)OCO2.[Cl-]. The number of nitro groups is 1. The highest BCUT2D eigenvalue weighted by molar-refractivity contribution is 5.97. The molecule has 0 amide bonds. The van der Waals surface area contributed by atoms with E-state index in [0.717, 1.165) is 64.4 Å². The zero-order valence-corrected chi connectivity index (χ0v) is 20.4.